The van der Waals surface area contributed by atoms with Gasteiger partial charge in [-0.25, -0.2) is 9.07 Å². The van der Waals surface area contributed by atoms with E-state index >= 15 is 0 Å². The fourth-order valence-electron chi connectivity index (χ4n) is 3.71. The lowest BCUT2D eigenvalue weighted by Gasteiger charge is -2.10. The van der Waals surface area contributed by atoms with Crippen molar-refractivity contribution in [3.63, 3.8) is 0 Å². The number of carbonyl (C=O) groups excluding carboxylic acids is 1. The molecular weight excluding hydrogens is 492 g/mol. The number of rotatable bonds is 7. The summed E-state index contributed by atoms with van der Waals surface area (Å²) in [5.74, 6) is -0.0957. The SMILES string of the molecule is Cc1cc(OCn2ccc(C(=O)Nc3c(C)nn(Cc4ccc(F)cc4Cl)c3C)n2)cc(C)c1Cl. The highest BCUT2D eigenvalue weighted by Gasteiger charge is 2.18. The van der Waals surface area contributed by atoms with Crippen molar-refractivity contribution in [2.45, 2.75) is 41.0 Å². The summed E-state index contributed by atoms with van der Waals surface area (Å²) in [6.45, 7) is 7.96. The average molecular weight is 516 g/mol. The van der Waals surface area contributed by atoms with Crippen LogP contribution in [-0.2, 0) is 13.3 Å². The van der Waals surface area contributed by atoms with Crippen molar-refractivity contribution < 1.29 is 13.9 Å². The molecule has 2 heterocycles. The number of carbonyl (C=O) groups is 1. The monoisotopic (exact) mass is 515 g/mol. The number of ether oxygens (including phenoxy) is 1. The summed E-state index contributed by atoms with van der Waals surface area (Å²) >= 11 is 12.4. The summed E-state index contributed by atoms with van der Waals surface area (Å²) in [6.07, 6.45) is 1.67. The number of amides is 1. The number of nitrogens with zero attached hydrogens (tertiary/aromatic N) is 4. The van der Waals surface area contributed by atoms with E-state index in [0.29, 0.717) is 33.7 Å². The average Bonchev–Trinajstić information content (AvgIpc) is 3.38. The molecule has 10 heteroatoms. The maximum absolute atomic E-state index is 13.3. The summed E-state index contributed by atoms with van der Waals surface area (Å²) in [6, 6.07) is 9.56. The quantitative estimate of drug-likeness (QED) is 0.322. The Bertz CT molecular complexity index is 1390. The van der Waals surface area contributed by atoms with Crippen LogP contribution in [0, 0.1) is 33.5 Å². The normalized spacial score (nSPS) is 11.1. The Morgan fingerprint density at radius 2 is 1.77 bits per heavy atom. The molecule has 0 aliphatic carbocycles. The van der Waals surface area contributed by atoms with Crippen molar-refractivity contribution in [2.24, 2.45) is 0 Å². The maximum atomic E-state index is 13.3. The molecule has 35 heavy (non-hydrogen) atoms. The first-order valence-corrected chi connectivity index (χ1v) is 11.6. The molecule has 4 aromatic rings. The molecule has 0 aliphatic rings. The molecule has 0 bridgehead atoms. The van der Waals surface area contributed by atoms with Crippen molar-refractivity contribution in [2.75, 3.05) is 5.32 Å². The maximum Gasteiger partial charge on any atom is 0.276 e. The zero-order chi connectivity index (χ0) is 25.3. The van der Waals surface area contributed by atoms with Crippen LogP contribution in [0.15, 0.2) is 42.6 Å². The largest absolute Gasteiger partial charge is 0.471 e. The highest BCUT2D eigenvalue weighted by atomic mass is 35.5. The third-order valence-electron chi connectivity index (χ3n) is 5.60. The minimum Gasteiger partial charge on any atom is -0.471 e. The van der Waals surface area contributed by atoms with Gasteiger partial charge >= 0.3 is 0 Å². The van der Waals surface area contributed by atoms with E-state index in [1.54, 1.807) is 29.9 Å². The van der Waals surface area contributed by atoms with Crippen molar-refractivity contribution in [1.29, 1.82) is 0 Å². The molecule has 0 atom stereocenters. The van der Waals surface area contributed by atoms with E-state index in [1.165, 1.54) is 16.8 Å². The lowest BCUT2D eigenvalue weighted by Crippen LogP contribution is -2.15. The molecule has 0 aliphatic heterocycles. The van der Waals surface area contributed by atoms with E-state index in [4.69, 9.17) is 27.9 Å². The molecule has 0 spiro atoms. The van der Waals surface area contributed by atoms with Crippen molar-refractivity contribution in [3.05, 3.63) is 92.2 Å². The van der Waals surface area contributed by atoms with Crippen LogP contribution in [-0.4, -0.2) is 25.5 Å². The van der Waals surface area contributed by atoms with E-state index in [0.717, 1.165) is 22.4 Å². The fraction of sp³-hybridized carbons (Fsp3) is 0.240. The van der Waals surface area contributed by atoms with Crippen LogP contribution >= 0.6 is 23.2 Å². The number of aromatic nitrogens is 4. The molecule has 0 radical (unpaired) electrons. The molecular formula is C25H24Cl2FN5O2. The van der Waals surface area contributed by atoms with Crippen LogP contribution in [0.3, 0.4) is 0 Å². The molecule has 0 saturated carbocycles. The van der Waals surface area contributed by atoms with Crippen LogP contribution in [0.1, 0.15) is 38.6 Å². The smallest absolute Gasteiger partial charge is 0.276 e. The first kappa shape index (κ1) is 24.8. The van der Waals surface area contributed by atoms with E-state index in [1.807, 2.05) is 32.9 Å². The molecule has 1 N–H and O–H groups in total. The Labute approximate surface area is 212 Å². The summed E-state index contributed by atoms with van der Waals surface area (Å²) < 4.78 is 22.4. The minimum atomic E-state index is -0.400. The Morgan fingerprint density at radius 3 is 2.46 bits per heavy atom. The predicted molar refractivity (Wildman–Crippen MR) is 134 cm³/mol. The highest BCUT2D eigenvalue weighted by molar-refractivity contribution is 6.32. The van der Waals surface area contributed by atoms with Crippen LogP contribution in [0.4, 0.5) is 10.1 Å². The summed E-state index contributed by atoms with van der Waals surface area (Å²) in [7, 11) is 0. The number of hydrogen-bond acceptors (Lipinski definition) is 4. The molecule has 0 fully saturated rings. The first-order valence-electron chi connectivity index (χ1n) is 10.8. The fourth-order valence-corrected chi connectivity index (χ4v) is 4.04. The molecule has 2 aromatic heterocycles. The van der Waals surface area contributed by atoms with Crippen LogP contribution in [0.2, 0.25) is 10.0 Å². The molecule has 182 valence electrons. The molecule has 2 aromatic carbocycles. The van der Waals surface area contributed by atoms with Crippen molar-refractivity contribution in [3.8, 4) is 5.75 Å². The number of aryl methyl sites for hydroxylation is 3. The van der Waals surface area contributed by atoms with Gasteiger partial charge in [-0.05, 0) is 74.7 Å². The third kappa shape index (κ3) is 5.49. The molecule has 4 rings (SSSR count). The number of halogens is 3. The molecule has 7 nitrogen and oxygen atoms in total. The van der Waals surface area contributed by atoms with Gasteiger partial charge in [-0.15, -0.1) is 0 Å². The van der Waals surface area contributed by atoms with Crippen LogP contribution < -0.4 is 10.1 Å². The summed E-state index contributed by atoms with van der Waals surface area (Å²) in [5.41, 5.74) is 4.79. The van der Waals surface area contributed by atoms with Gasteiger partial charge < -0.3 is 10.1 Å². The van der Waals surface area contributed by atoms with Crippen LogP contribution in [0.5, 0.6) is 5.75 Å². The summed E-state index contributed by atoms with van der Waals surface area (Å²) in [4.78, 5) is 12.8. The van der Waals surface area contributed by atoms with Gasteiger partial charge in [0.05, 0.1) is 23.6 Å². The van der Waals surface area contributed by atoms with Gasteiger partial charge in [0.2, 0.25) is 0 Å². The van der Waals surface area contributed by atoms with E-state index in [9.17, 15) is 9.18 Å². The van der Waals surface area contributed by atoms with E-state index in [2.05, 4.69) is 15.5 Å². The van der Waals surface area contributed by atoms with Gasteiger partial charge in [0.15, 0.2) is 12.4 Å². The number of hydrogen-bond donors (Lipinski definition) is 1. The molecule has 1 amide bonds. The first-order chi connectivity index (χ1) is 16.6. The number of anilines is 1. The Kier molecular flexibility index (Phi) is 7.14. The van der Waals surface area contributed by atoms with Gasteiger partial charge in [0.25, 0.3) is 5.91 Å². The second-order valence-corrected chi connectivity index (χ2v) is 9.06. The Morgan fingerprint density at radius 1 is 1.06 bits per heavy atom. The zero-order valence-corrected chi connectivity index (χ0v) is 21.2. The van der Waals surface area contributed by atoms with Gasteiger partial charge in [0, 0.05) is 16.2 Å². The minimum absolute atomic E-state index is 0.141. The summed E-state index contributed by atoms with van der Waals surface area (Å²) in [5, 5.41) is 12.7. The lowest BCUT2D eigenvalue weighted by molar-refractivity contribution is 0.102. The zero-order valence-electron chi connectivity index (χ0n) is 19.7. The Balaban J connectivity index is 1.43. The standard InChI is InChI=1S/C25H24Cl2FN5O2/c1-14-9-20(10-15(2)23(14)27)35-13-32-8-7-22(31-32)25(34)29-24-16(3)30-33(17(24)4)12-18-5-6-19(28)11-21(18)26/h5-11H,12-13H2,1-4H3,(H,29,34). The van der Waals surface area contributed by atoms with Crippen molar-refractivity contribution >= 4 is 34.8 Å². The second-order valence-electron chi connectivity index (χ2n) is 8.28. The third-order valence-corrected chi connectivity index (χ3v) is 6.55. The van der Waals surface area contributed by atoms with E-state index in [-0.39, 0.29) is 18.3 Å². The van der Waals surface area contributed by atoms with Gasteiger partial charge in [-0.3, -0.25) is 9.48 Å². The molecule has 0 unspecified atom stereocenters. The van der Waals surface area contributed by atoms with Crippen LogP contribution in [0.25, 0.3) is 0 Å². The lowest BCUT2D eigenvalue weighted by atomic mass is 10.1. The predicted octanol–water partition coefficient (Wildman–Crippen LogP) is 6.10. The number of benzene rings is 2. The van der Waals surface area contributed by atoms with Gasteiger partial charge in [-0.1, -0.05) is 29.3 Å². The highest BCUT2D eigenvalue weighted by Crippen LogP contribution is 2.26. The molecule has 0 saturated heterocycles. The van der Waals surface area contributed by atoms with Gasteiger partial charge in [0.1, 0.15) is 11.6 Å². The van der Waals surface area contributed by atoms with E-state index < -0.39 is 5.82 Å². The number of nitrogens with one attached hydrogen (secondary N) is 1. The topological polar surface area (TPSA) is 74.0 Å². The van der Waals surface area contributed by atoms with Gasteiger partial charge in [-0.2, -0.15) is 10.2 Å². The van der Waals surface area contributed by atoms with Crippen molar-refractivity contribution in [1.82, 2.24) is 19.6 Å². The second kappa shape index (κ2) is 10.1. The Hall–Kier alpha value is -3.36.